The van der Waals surface area contributed by atoms with Gasteiger partial charge in [-0.15, -0.1) is 0 Å². The second kappa shape index (κ2) is 9.08. The summed E-state index contributed by atoms with van der Waals surface area (Å²) < 4.78 is 25.2. The summed E-state index contributed by atoms with van der Waals surface area (Å²) in [7, 11) is 1.71. The first kappa shape index (κ1) is 21.3. The lowest BCUT2D eigenvalue weighted by molar-refractivity contribution is 0.0783. The number of rotatable bonds is 5. The number of benzene rings is 2. The minimum absolute atomic E-state index is 0.0616. The third kappa shape index (κ3) is 4.29. The Hall–Kier alpha value is -2.90. The Morgan fingerprint density at radius 2 is 1.94 bits per heavy atom. The molecule has 0 saturated carbocycles. The predicted octanol–water partition coefficient (Wildman–Crippen LogP) is 4.55. The van der Waals surface area contributed by atoms with E-state index in [1.165, 1.54) is 12.1 Å². The molecule has 1 aliphatic heterocycles. The summed E-state index contributed by atoms with van der Waals surface area (Å²) in [5, 5.41) is 4.11. The van der Waals surface area contributed by atoms with Crippen LogP contribution in [0.4, 0.5) is 10.1 Å². The van der Waals surface area contributed by atoms with Crippen LogP contribution in [-0.4, -0.2) is 49.3 Å². The molecule has 3 aromatic rings. The van der Waals surface area contributed by atoms with Crippen LogP contribution in [0.5, 0.6) is 0 Å². The Bertz CT molecular complexity index is 1080. The Morgan fingerprint density at radius 3 is 2.68 bits per heavy atom. The fraction of sp³-hybridized carbons (Fsp3) is 0.304. The van der Waals surface area contributed by atoms with E-state index in [2.05, 4.69) is 10.1 Å². The van der Waals surface area contributed by atoms with E-state index in [9.17, 15) is 9.18 Å². The summed E-state index contributed by atoms with van der Waals surface area (Å²) in [6.07, 6.45) is 0. The van der Waals surface area contributed by atoms with Crippen molar-refractivity contribution in [1.82, 2.24) is 10.1 Å². The molecule has 0 N–H and O–H groups in total. The summed E-state index contributed by atoms with van der Waals surface area (Å²) in [6.45, 7) is 4.96. The minimum atomic E-state index is -0.560. The van der Waals surface area contributed by atoms with E-state index in [1.807, 2.05) is 24.3 Å². The number of nitrogens with zero attached hydrogens (tertiary/aromatic N) is 3. The van der Waals surface area contributed by atoms with Gasteiger partial charge in [-0.2, -0.15) is 0 Å². The molecule has 1 amide bonds. The predicted molar refractivity (Wildman–Crippen MR) is 117 cm³/mol. The Kier molecular flexibility index (Phi) is 6.25. The molecule has 0 bridgehead atoms. The highest BCUT2D eigenvalue weighted by Crippen LogP contribution is 2.34. The average Bonchev–Trinajstić information content (AvgIpc) is 3.15. The summed E-state index contributed by atoms with van der Waals surface area (Å²) in [4.78, 5) is 17.2. The first-order valence-electron chi connectivity index (χ1n) is 10.0. The molecule has 162 valence electrons. The maximum Gasteiger partial charge on any atom is 0.259 e. The lowest BCUT2D eigenvalue weighted by atomic mass is 10.0. The van der Waals surface area contributed by atoms with Crippen molar-refractivity contribution in [3.05, 3.63) is 70.2 Å². The number of amides is 1. The highest BCUT2D eigenvalue weighted by molar-refractivity contribution is 6.33. The van der Waals surface area contributed by atoms with Gasteiger partial charge >= 0.3 is 0 Å². The molecule has 31 heavy (non-hydrogen) atoms. The SMILES string of the molecule is Cc1onc(-c2c(F)cccc2Cl)c1C(=O)N(C)Cc1ccccc1N1CCOCC1. The van der Waals surface area contributed by atoms with Crippen molar-refractivity contribution < 1.29 is 18.4 Å². The number of morpholine rings is 1. The maximum atomic E-state index is 14.5. The molecular weight excluding hydrogens is 421 g/mol. The largest absolute Gasteiger partial charge is 0.378 e. The maximum absolute atomic E-state index is 14.5. The number of carbonyl (C=O) groups excluding carboxylic acids is 1. The number of carbonyl (C=O) groups is 1. The molecule has 1 aliphatic rings. The topological polar surface area (TPSA) is 58.8 Å². The van der Waals surface area contributed by atoms with Crippen LogP contribution in [0.25, 0.3) is 11.3 Å². The Morgan fingerprint density at radius 1 is 1.19 bits per heavy atom. The fourth-order valence-corrected chi connectivity index (χ4v) is 4.05. The zero-order valence-electron chi connectivity index (χ0n) is 17.4. The van der Waals surface area contributed by atoms with Crippen molar-refractivity contribution in [3.8, 4) is 11.3 Å². The van der Waals surface area contributed by atoms with Gasteiger partial charge in [-0.05, 0) is 30.7 Å². The van der Waals surface area contributed by atoms with Crippen LogP contribution >= 0.6 is 11.6 Å². The van der Waals surface area contributed by atoms with Crippen molar-refractivity contribution in [2.24, 2.45) is 0 Å². The van der Waals surface area contributed by atoms with Crippen LogP contribution in [0.2, 0.25) is 5.02 Å². The van der Waals surface area contributed by atoms with Crippen LogP contribution in [0.1, 0.15) is 21.7 Å². The highest BCUT2D eigenvalue weighted by atomic mass is 35.5. The molecule has 0 aliphatic carbocycles. The van der Waals surface area contributed by atoms with Crippen molar-refractivity contribution >= 4 is 23.2 Å². The Balaban J connectivity index is 1.63. The summed E-state index contributed by atoms with van der Waals surface area (Å²) >= 11 is 6.20. The van der Waals surface area contributed by atoms with Crippen LogP contribution in [-0.2, 0) is 11.3 Å². The van der Waals surface area contributed by atoms with E-state index < -0.39 is 5.82 Å². The second-order valence-corrected chi connectivity index (χ2v) is 7.86. The smallest absolute Gasteiger partial charge is 0.259 e. The lowest BCUT2D eigenvalue weighted by Gasteiger charge is -2.31. The number of aromatic nitrogens is 1. The van der Waals surface area contributed by atoms with Gasteiger partial charge in [0.2, 0.25) is 0 Å². The molecule has 0 spiro atoms. The zero-order chi connectivity index (χ0) is 22.0. The zero-order valence-corrected chi connectivity index (χ0v) is 18.2. The van der Waals surface area contributed by atoms with Crippen LogP contribution in [0.3, 0.4) is 0 Å². The minimum Gasteiger partial charge on any atom is -0.378 e. The van der Waals surface area contributed by atoms with Gasteiger partial charge in [-0.25, -0.2) is 4.39 Å². The van der Waals surface area contributed by atoms with E-state index in [0.29, 0.717) is 25.5 Å². The molecule has 0 radical (unpaired) electrons. The quantitative estimate of drug-likeness (QED) is 0.579. The van der Waals surface area contributed by atoms with Gasteiger partial charge in [0, 0.05) is 32.4 Å². The van der Waals surface area contributed by atoms with Gasteiger partial charge in [0.1, 0.15) is 22.8 Å². The van der Waals surface area contributed by atoms with E-state index >= 15 is 0 Å². The van der Waals surface area contributed by atoms with Crippen LogP contribution in [0, 0.1) is 12.7 Å². The number of hydrogen-bond donors (Lipinski definition) is 0. The third-order valence-corrected chi connectivity index (χ3v) is 5.69. The van der Waals surface area contributed by atoms with Crippen LogP contribution in [0.15, 0.2) is 47.0 Å². The molecule has 4 rings (SSSR count). The molecule has 0 unspecified atom stereocenters. The second-order valence-electron chi connectivity index (χ2n) is 7.45. The number of hydrogen-bond acceptors (Lipinski definition) is 5. The first-order valence-corrected chi connectivity index (χ1v) is 10.4. The van der Waals surface area contributed by atoms with Crippen LogP contribution < -0.4 is 4.90 Å². The number of halogens is 2. The van der Waals surface area contributed by atoms with E-state index in [-0.39, 0.29) is 27.8 Å². The molecule has 0 atom stereocenters. The lowest BCUT2D eigenvalue weighted by Crippen LogP contribution is -2.37. The summed E-state index contributed by atoms with van der Waals surface area (Å²) in [5.74, 6) is -0.562. The van der Waals surface area contributed by atoms with Gasteiger partial charge in [0.05, 0.1) is 23.8 Å². The molecular formula is C23H23ClFN3O3. The van der Waals surface area contributed by atoms with E-state index in [0.717, 1.165) is 24.3 Å². The van der Waals surface area contributed by atoms with Gasteiger partial charge in [-0.1, -0.05) is 41.0 Å². The van der Waals surface area contributed by atoms with Crippen molar-refractivity contribution in [2.45, 2.75) is 13.5 Å². The number of para-hydroxylation sites is 1. The van der Waals surface area contributed by atoms with Gasteiger partial charge in [0.25, 0.3) is 5.91 Å². The standard InChI is InChI=1S/C23H23ClFN3O3/c1-15-20(22(26-31-15)21-17(24)7-5-8-18(21)25)23(29)27(2)14-16-6-3-4-9-19(16)28-10-12-30-13-11-28/h3-9H,10-14H2,1-2H3. The van der Waals surface area contributed by atoms with Gasteiger partial charge < -0.3 is 19.1 Å². The van der Waals surface area contributed by atoms with Gasteiger partial charge in [-0.3, -0.25) is 4.79 Å². The summed E-state index contributed by atoms with van der Waals surface area (Å²) in [6, 6.07) is 12.3. The molecule has 6 nitrogen and oxygen atoms in total. The fourth-order valence-electron chi connectivity index (χ4n) is 3.79. The number of ether oxygens (including phenoxy) is 1. The molecule has 2 heterocycles. The molecule has 1 fully saturated rings. The average molecular weight is 444 g/mol. The summed E-state index contributed by atoms with van der Waals surface area (Å²) in [5.41, 5.74) is 2.47. The Labute approximate surface area is 185 Å². The normalized spacial score (nSPS) is 14.0. The van der Waals surface area contributed by atoms with Gasteiger partial charge in [0.15, 0.2) is 0 Å². The van der Waals surface area contributed by atoms with Crippen molar-refractivity contribution in [2.75, 3.05) is 38.3 Å². The number of anilines is 1. The molecule has 1 saturated heterocycles. The molecule has 2 aromatic carbocycles. The number of aryl methyl sites for hydroxylation is 1. The van der Waals surface area contributed by atoms with Crippen molar-refractivity contribution in [3.63, 3.8) is 0 Å². The van der Waals surface area contributed by atoms with E-state index in [4.69, 9.17) is 20.9 Å². The highest BCUT2D eigenvalue weighted by Gasteiger charge is 2.28. The third-order valence-electron chi connectivity index (χ3n) is 5.37. The molecule has 8 heteroatoms. The van der Waals surface area contributed by atoms with E-state index in [1.54, 1.807) is 24.9 Å². The first-order chi connectivity index (χ1) is 15.0. The molecule has 1 aromatic heterocycles. The monoisotopic (exact) mass is 443 g/mol. The van der Waals surface area contributed by atoms with Crippen molar-refractivity contribution in [1.29, 1.82) is 0 Å².